The fourth-order valence-electron chi connectivity index (χ4n) is 5.21. The van der Waals surface area contributed by atoms with Crippen molar-refractivity contribution in [1.82, 2.24) is 14.3 Å². The van der Waals surface area contributed by atoms with Gasteiger partial charge in [-0.25, -0.2) is 13.5 Å². The van der Waals surface area contributed by atoms with E-state index < -0.39 is 11.0 Å². The maximum Gasteiger partial charge on any atom is 0.231 e. The van der Waals surface area contributed by atoms with Crippen molar-refractivity contribution in [3.8, 4) is 11.5 Å². The molecule has 2 N–H and O–H groups in total. The molecule has 2 aromatic rings. The number of rotatable bonds is 7. The Hall–Kier alpha value is -1.91. The summed E-state index contributed by atoms with van der Waals surface area (Å²) >= 11 is 3.54. The second kappa shape index (κ2) is 11.0. The molecule has 3 aliphatic rings. The van der Waals surface area contributed by atoms with Gasteiger partial charge in [-0.3, -0.25) is 0 Å². The molecule has 0 bridgehead atoms. The van der Waals surface area contributed by atoms with Crippen molar-refractivity contribution < 1.29 is 13.7 Å². The Morgan fingerprint density at radius 1 is 1.11 bits per heavy atom. The fourth-order valence-corrected chi connectivity index (χ4v) is 7.17. The maximum atomic E-state index is 13.2. The van der Waals surface area contributed by atoms with Crippen molar-refractivity contribution in [3.63, 3.8) is 0 Å². The number of ether oxygens (including phenoxy) is 2. The van der Waals surface area contributed by atoms with Gasteiger partial charge in [-0.2, -0.15) is 4.98 Å². The quantitative estimate of drug-likeness (QED) is 0.462. The zero-order valence-corrected chi connectivity index (χ0v) is 22.7. The molecule has 1 saturated carbocycles. The molecule has 1 saturated heterocycles. The highest BCUT2D eigenvalue weighted by molar-refractivity contribution is 9.10. The number of para-hydroxylation sites is 1. The molecule has 1 aromatic heterocycles. The highest BCUT2D eigenvalue weighted by Gasteiger charge is 2.32. The lowest BCUT2D eigenvalue weighted by molar-refractivity contribution is 0.174. The number of hydrogen-bond acceptors (Lipinski definition) is 7. The summed E-state index contributed by atoms with van der Waals surface area (Å²) in [6, 6.07) is 5.98. The molecular formula is C25H34BrN5O3S. The van der Waals surface area contributed by atoms with Crippen molar-refractivity contribution in [3.05, 3.63) is 28.9 Å². The van der Waals surface area contributed by atoms with E-state index in [1.54, 1.807) is 6.20 Å². The van der Waals surface area contributed by atoms with Crippen LogP contribution in [-0.2, 0) is 11.0 Å². The van der Waals surface area contributed by atoms with E-state index in [2.05, 4.69) is 54.7 Å². The normalized spacial score (nSPS) is 23.9. The monoisotopic (exact) mass is 563 g/mol. The second-order valence-corrected chi connectivity index (χ2v) is 12.5. The van der Waals surface area contributed by atoms with Crippen molar-refractivity contribution in [2.75, 3.05) is 30.5 Å². The van der Waals surface area contributed by atoms with Crippen molar-refractivity contribution >= 4 is 44.4 Å². The molecule has 1 aliphatic carbocycles. The molecule has 1 aromatic carbocycles. The average Bonchev–Trinajstić information content (AvgIpc) is 3.36. The molecule has 0 amide bonds. The lowest BCUT2D eigenvalue weighted by Gasteiger charge is -2.36. The van der Waals surface area contributed by atoms with E-state index in [4.69, 9.17) is 9.47 Å². The van der Waals surface area contributed by atoms with Gasteiger partial charge in [0.2, 0.25) is 12.7 Å². The molecular weight excluding hydrogens is 530 g/mol. The molecule has 0 radical (unpaired) electrons. The summed E-state index contributed by atoms with van der Waals surface area (Å²) in [7, 11) is -0.876. The summed E-state index contributed by atoms with van der Waals surface area (Å²) in [4.78, 5) is 9.14. The Labute approximate surface area is 218 Å². The van der Waals surface area contributed by atoms with E-state index in [9.17, 15) is 4.21 Å². The van der Waals surface area contributed by atoms with Crippen LogP contribution in [0.15, 0.2) is 28.9 Å². The van der Waals surface area contributed by atoms with Gasteiger partial charge in [0, 0.05) is 30.6 Å². The van der Waals surface area contributed by atoms with Crippen LogP contribution in [0.3, 0.4) is 0 Å². The molecule has 2 fully saturated rings. The van der Waals surface area contributed by atoms with E-state index in [1.807, 2.05) is 18.2 Å². The van der Waals surface area contributed by atoms with Gasteiger partial charge in [0.1, 0.15) is 5.82 Å². The number of anilines is 3. The van der Waals surface area contributed by atoms with Gasteiger partial charge in [0.15, 0.2) is 11.5 Å². The predicted octanol–water partition coefficient (Wildman–Crippen LogP) is 5.47. The standard InChI is InChI=1S/C25H34BrN5O3S/c1-16(2)17-6-8-19(9-7-17)35(32)31-12-10-18(11-13-31)28-25-27-14-20(26)24(30-25)29-21-4-3-5-22-23(21)34-15-33-22/h3-5,14,16-19H,6-13,15H2,1-2H3,(H2,27,28,29,30). The van der Waals surface area contributed by atoms with Crippen LogP contribution in [0.2, 0.25) is 0 Å². The first-order valence-corrected chi connectivity index (χ1v) is 14.5. The van der Waals surface area contributed by atoms with Gasteiger partial charge >= 0.3 is 0 Å². The Bertz CT molecular complexity index is 1060. The Morgan fingerprint density at radius 2 is 1.89 bits per heavy atom. The van der Waals surface area contributed by atoms with Crippen LogP contribution in [0, 0.1) is 11.8 Å². The lowest BCUT2D eigenvalue weighted by Crippen LogP contribution is -2.43. The number of piperidine rings is 1. The topological polar surface area (TPSA) is 88.6 Å². The third-order valence-corrected chi connectivity index (χ3v) is 9.88. The second-order valence-electron chi connectivity index (χ2n) is 9.96. The number of nitrogens with one attached hydrogen (secondary N) is 2. The van der Waals surface area contributed by atoms with E-state index in [-0.39, 0.29) is 12.8 Å². The molecule has 190 valence electrons. The number of aromatic nitrogens is 2. The van der Waals surface area contributed by atoms with E-state index in [0.29, 0.717) is 22.8 Å². The number of benzene rings is 1. The summed E-state index contributed by atoms with van der Waals surface area (Å²) in [6.07, 6.45) is 8.22. The number of hydrogen-bond donors (Lipinski definition) is 2. The minimum absolute atomic E-state index is 0.217. The first kappa shape index (κ1) is 24.8. The molecule has 8 nitrogen and oxygen atoms in total. The molecule has 10 heteroatoms. The third-order valence-electron chi connectivity index (χ3n) is 7.38. The van der Waals surface area contributed by atoms with E-state index in [1.165, 1.54) is 12.8 Å². The minimum Gasteiger partial charge on any atom is -0.454 e. The van der Waals surface area contributed by atoms with Crippen molar-refractivity contribution in [2.45, 2.75) is 63.7 Å². The molecule has 5 rings (SSSR count). The molecule has 1 atom stereocenters. The van der Waals surface area contributed by atoms with Gasteiger partial charge in [-0.15, -0.1) is 0 Å². The average molecular weight is 565 g/mol. The van der Waals surface area contributed by atoms with Gasteiger partial charge in [-0.05, 0) is 78.4 Å². The Morgan fingerprint density at radius 3 is 2.63 bits per heavy atom. The Kier molecular flexibility index (Phi) is 7.79. The fraction of sp³-hybridized carbons (Fsp3) is 0.600. The van der Waals surface area contributed by atoms with E-state index >= 15 is 0 Å². The SMILES string of the molecule is CC(C)C1CCC(S(=O)N2CCC(Nc3ncc(Br)c(Nc4cccc5c4OCO5)n3)CC2)CC1. The van der Waals surface area contributed by atoms with Crippen LogP contribution in [0.25, 0.3) is 0 Å². The summed E-state index contributed by atoms with van der Waals surface area (Å²) in [5, 5.41) is 7.13. The van der Waals surface area contributed by atoms with Crippen LogP contribution in [0.1, 0.15) is 52.4 Å². The van der Waals surface area contributed by atoms with Gasteiger partial charge < -0.3 is 20.1 Å². The summed E-state index contributed by atoms with van der Waals surface area (Å²) in [5.41, 5.74) is 0.795. The largest absolute Gasteiger partial charge is 0.454 e. The molecule has 35 heavy (non-hydrogen) atoms. The first-order chi connectivity index (χ1) is 17.0. The number of fused-ring (bicyclic) bond motifs is 1. The van der Waals surface area contributed by atoms with Gasteiger partial charge in [-0.1, -0.05) is 19.9 Å². The maximum absolute atomic E-state index is 13.2. The van der Waals surface area contributed by atoms with Crippen LogP contribution >= 0.6 is 15.9 Å². The zero-order chi connectivity index (χ0) is 24.4. The molecule has 2 aliphatic heterocycles. The Balaban J connectivity index is 1.15. The minimum atomic E-state index is -0.876. The van der Waals surface area contributed by atoms with Crippen molar-refractivity contribution in [1.29, 1.82) is 0 Å². The number of nitrogens with zero attached hydrogens (tertiary/aromatic N) is 3. The van der Waals surface area contributed by atoms with Gasteiger partial charge in [0.25, 0.3) is 0 Å². The highest BCUT2D eigenvalue weighted by Crippen LogP contribution is 2.41. The predicted molar refractivity (Wildman–Crippen MR) is 143 cm³/mol. The summed E-state index contributed by atoms with van der Waals surface area (Å²) in [5.74, 6) is 4.17. The van der Waals surface area contributed by atoms with Crippen LogP contribution < -0.4 is 20.1 Å². The van der Waals surface area contributed by atoms with Crippen LogP contribution in [-0.4, -0.2) is 49.7 Å². The summed E-state index contributed by atoms with van der Waals surface area (Å²) < 4.78 is 27.2. The summed E-state index contributed by atoms with van der Waals surface area (Å²) in [6.45, 7) is 6.51. The third kappa shape index (κ3) is 5.75. The van der Waals surface area contributed by atoms with E-state index in [0.717, 1.165) is 66.5 Å². The molecule has 3 heterocycles. The highest BCUT2D eigenvalue weighted by atomic mass is 79.9. The van der Waals surface area contributed by atoms with Crippen molar-refractivity contribution in [2.24, 2.45) is 11.8 Å². The lowest BCUT2D eigenvalue weighted by atomic mass is 9.82. The zero-order valence-electron chi connectivity index (χ0n) is 20.3. The number of halogens is 1. The van der Waals surface area contributed by atoms with Crippen LogP contribution in [0.5, 0.6) is 11.5 Å². The van der Waals surface area contributed by atoms with Crippen LogP contribution in [0.4, 0.5) is 17.5 Å². The molecule has 0 spiro atoms. The first-order valence-electron chi connectivity index (χ1n) is 12.6. The molecule has 1 unspecified atom stereocenters. The smallest absolute Gasteiger partial charge is 0.231 e. The van der Waals surface area contributed by atoms with Gasteiger partial charge in [0.05, 0.1) is 21.1 Å².